The molecule has 5 heterocycles. The lowest BCUT2D eigenvalue weighted by atomic mass is 9.94. The number of fused-ring (bicyclic) bond motifs is 4. The summed E-state index contributed by atoms with van der Waals surface area (Å²) in [6.45, 7) is 2.44. The highest BCUT2D eigenvalue weighted by molar-refractivity contribution is 6.01. The van der Waals surface area contributed by atoms with E-state index in [4.69, 9.17) is 4.74 Å². The predicted molar refractivity (Wildman–Crippen MR) is 187 cm³/mol. The third-order valence-electron chi connectivity index (χ3n) is 9.96. The van der Waals surface area contributed by atoms with Crippen molar-refractivity contribution in [2.75, 3.05) is 13.2 Å². The molecule has 1 saturated heterocycles. The van der Waals surface area contributed by atoms with Crippen LogP contribution in [0, 0.1) is 29.4 Å². The van der Waals surface area contributed by atoms with Crippen LogP contribution in [0.2, 0.25) is 0 Å². The molecule has 0 radical (unpaired) electrons. The number of rotatable bonds is 9. The van der Waals surface area contributed by atoms with E-state index in [1.807, 2.05) is 0 Å². The van der Waals surface area contributed by atoms with Gasteiger partial charge in [0, 0.05) is 47.3 Å². The SMILES string of the molecule is CC(C)(O)C#Cc1ccc(-c2cc(C(=O)NC3COC3)c3nccn3c2)c([C@H](Cc2cc(F)cc(F)c2)NC(=O)Cn2nc(C(F)(F)F)c3c2C(F)(F)[C@@H]2C[C@H]32)n1. The van der Waals surface area contributed by atoms with Crippen molar-refractivity contribution in [3.05, 3.63) is 106 Å². The molecule has 5 aromatic rings. The van der Waals surface area contributed by atoms with Crippen molar-refractivity contribution in [2.24, 2.45) is 5.92 Å². The molecule has 3 N–H and O–H groups in total. The number of benzene rings is 1. The molecule has 2 amide bonds. The Labute approximate surface area is 319 Å². The molecule has 1 aromatic carbocycles. The fourth-order valence-corrected chi connectivity index (χ4v) is 7.35. The summed E-state index contributed by atoms with van der Waals surface area (Å²) in [5.74, 6) is -4.09. The number of aliphatic hydroxyl groups is 1. The minimum atomic E-state index is -5.06. The van der Waals surface area contributed by atoms with E-state index in [0.29, 0.717) is 35.2 Å². The topological polar surface area (TPSA) is 136 Å². The summed E-state index contributed by atoms with van der Waals surface area (Å²) >= 11 is 0. The summed E-state index contributed by atoms with van der Waals surface area (Å²) in [5.41, 5.74) is -3.36. The molecule has 2 fully saturated rings. The highest BCUT2D eigenvalue weighted by atomic mass is 19.4. The summed E-state index contributed by atoms with van der Waals surface area (Å²) in [4.78, 5) is 36.4. The first-order chi connectivity index (χ1) is 26.9. The largest absolute Gasteiger partial charge is 0.435 e. The van der Waals surface area contributed by atoms with Gasteiger partial charge >= 0.3 is 6.18 Å². The number of carbonyl (C=O) groups is 2. The molecule has 0 bridgehead atoms. The Morgan fingerprint density at radius 2 is 1.84 bits per heavy atom. The molecule has 1 saturated carbocycles. The van der Waals surface area contributed by atoms with Crippen molar-refractivity contribution >= 4 is 17.5 Å². The van der Waals surface area contributed by atoms with E-state index in [1.54, 1.807) is 22.9 Å². The van der Waals surface area contributed by atoms with Gasteiger partial charge in [-0.2, -0.15) is 27.1 Å². The zero-order chi connectivity index (χ0) is 40.6. The van der Waals surface area contributed by atoms with Gasteiger partial charge in [0.2, 0.25) is 5.91 Å². The molecule has 4 aromatic heterocycles. The summed E-state index contributed by atoms with van der Waals surface area (Å²) in [7, 11) is 0. The molecule has 296 valence electrons. The Morgan fingerprint density at radius 3 is 2.51 bits per heavy atom. The first-order valence-corrected chi connectivity index (χ1v) is 17.8. The van der Waals surface area contributed by atoms with Crippen LogP contribution >= 0.6 is 0 Å². The van der Waals surface area contributed by atoms with Crippen molar-refractivity contribution in [3.63, 3.8) is 0 Å². The smallest absolute Gasteiger partial charge is 0.378 e. The van der Waals surface area contributed by atoms with Crippen LogP contribution in [0.5, 0.6) is 0 Å². The summed E-state index contributed by atoms with van der Waals surface area (Å²) in [6.07, 6.45) is -0.890. The summed E-state index contributed by atoms with van der Waals surface area (Å²) < 4.78 is 109. The average Bonchev–Trinajstić information content (AvgIpc) is 3.49. The first-order valence-electron chi connectivity index (χ1n) is 17.8. The van der Waals surface area contributed by atoms with Gasteiger partial charge < -0.3 is 24.9 Å². The Kier molecular flexibility index (Phi) is 9.15. The molecular weight excluding hydrogens is 763 g/mol. The van der Waals surface area contributed by atoms with E-state index in [2.05, 4.69) is 37.5 Å². The van der Waals surface area contributed by atoms with Crippen molar-refractivity contribution in [3.8, 4) is 23.0 Å². The number of aromatic nitrogens is 5. The Bertz CT molecular complexity index is 2490. The number of ether oxygens (including phenoxy) is 1. The standard InChI is InChI=1S/C39H32F7N7O4/c1-37(2,56)6-5-23-3-4-25(20-12-27(35-47-7-8-52(35)15-20)36(55)49-24-17-57-18-24)32(48-23)29(11-19-9-21(40)13-22(41)10-19)50-30(54)16-53-34-31(33(51-53)39(44,45)46)26-14-28(26)38(34,42)43/h3-4,7-10,12-13,15,24,26,28-29,56H,11,14,16-18H2,1-2H3,(H,49,55)(H,50,54)/t26-,28+,29-/m0/s1. The fourth-order valence-electron chi connectivity index (χ4n) is 7.35. The Balaban J connectivity index is 1.24. The lowest BCUT2D eigenvalue weighted by Crippen LogP contribution is -2.48. The van der Waals surface area contributed by atoms with Crippen LogP contribution in [-0.2, 0) is 34.6 Å². The van der Waals surface area contributed by atoms with E-state index in [0.717, 1.165) is 12.1 Å². The molecule has 0 unspecified atom stereocenters. The lowest BCUT2D eigenvalue weighted by Gasteiger charge is -2.27. The van der Waals surface area contributed by atoms with Crippen LogP contribution in [0.4, 0.5) is 30.7 Å². The number of nitrogens with zero attached hydrogens (tertiary/aromatic N) is 5. The van der Waals surface area contributed by atoms with Gasteiger partial charge in [0.05, 0.1) is 36.6 Å². The van der Waals surface area contributed by atoms with E-state index >= 15 is 8.78 Å². The van der Waals surface area contributed by atoms with Gasteiger partial charge in [-0.25, -0.2) is 18.7 Å². The maximum atomic E-state index is 15.4. The van der Waals surface area contributed by atoms with Gasteiger partial charge in [-0.15, -0.1) is 0 Å². The zero-order valence-corrected chi connectivity index (χ0v) is 30.1. The number of amides is 2. The van der Waals surface area contributed by atoms with Gasteiger partial charge in [-0.1, -0.05) is 5.92 Å². The van der Waals surface area contributed by atoms with Crippen molar-refractivity contribution in [1.29, 1.82) is 0 Å². The zero-order valence-electron chi connectivity index (χ0n) is 30.1. The highest BCUT2D eigenvalue weighted by Crippen LogP contribution is 2.68. The molecule has 57 heavy (non-hydrogen) atoms. The van der Waals surface area contributed by atoms with E-state index in [-0.39, 0.29) is 47.0 Å². The first kappa shape index (κ1) is 38.1. The summed E-state index contributed by atoms with van der Waals surface area (Å²) in [5, 5.41) is 19.3. The average molecular weight is 796 g/mol. The maximum absolute atomic E-state index is 15.4. The van der Waals surface area contributed by atoms with Crippen LogP contribution in [0.1, 0.15) is 76.5 Å². The van der Waals surface area contributed by atoms with Crippen molar-refractivity contribution in [1.82, 2.24) is 34.8 Å². The molecule has 3 atom stereocenters. The molecule has 11 nitrogen and oxygen atoms in total. The maximum Gasteiger partial charge on any atom is 0.435 e. The molecule has 3 aliphatic rings. The second kappa shape index (κ2) is 13.7. The molecule has 18 heteroatoms. The normalized spacial score (nSPS) is 18.9. The van der Waals surface area contributed by atoms with Gasteiger partial charge in [-0.3, -0.25) is 14.3 Å². The number of alkyl halides is 5. The van der Waals surface area contributed by atoms with Gasteiger partial charge in [0.25, 0.3) is 11.8 Å². The molecule has 0 spiro atoms. The van der Waals surface area contributed by atoms with Crippen LogP contribution in [0.15, 0.2) is 55.0 Å². The van der Waals surface area contributed by atoms with Gasteiger partial charge in [-0.05, 0) is 74.4 Å². The lowest BCUT2D eigenvalue weighted by molar-refractivity contribution is -0.142. The second-order valence-electron chi connectivity index (χ2n) is 14.9. The number of carbonyl (C=O) groups excluding carboxylic acids is 2. The number of pyridine rings is 2. The van der Waals surface area contributed by atoms with Gasteiger partial charge in [0.1, 0.15) is 40.8 Å². The molecule has 8 rings (SSSR count). The number of nitrogens with one attached hydrogen (secondary N) is 2. The Hall–Kier alpha value is -5.80. The molecule has 1 aliphatic heterocycles. The van der Waals surface area contributed by atoms with E-state index < -0.39 is 82.5 Å². The predicted octanol–water partition coefficient (Wildman–Crippen LogP) is 5.45. The van der Waals surface area contributed by atoms with Crippen molar-refractivity contribution in [2.45, 2.75) is 68.9 Å². The quantitative estimate of drug-likeness (QED) is 0.134. The van der Waals surface area contributed by atoms with Crippen LogP contribution in [0.3, 0.4) is 0 Å². The van der Waals surface area contributed by atoms with E-state index in [9.17, 15) is 36.6 Å². The number of halogens is 7. The summed E-state index contributed by atoms with van der Waals surface area (Å²) in [6, 6.07) is 5.66. The number of hydrogen-bond donors (Lipinski definition) is 3. The second-order valence-corrected chi connectivity index (χ2v) is 14.9. The van der Waals surface area contributed by atoms with E-state index in [1.165, 1.54) is 32.2 Å². The molecule has 2 aliphatic carbocycles. The number of hydrogen-bond acceptors (Lipinski definition) is 7. The van der Waals surface area contributed by atoms with Gasteiger partial charge in [0.15, 0.2) is 5.69 Å². The minimum Gasteiger partial charge on any atom is -0.378 e. The third kappa shape index (κ3) is 7.44. The highest BCUT2D eigenvalue weighted by Gasteiger charge is 2.68. The Morgan fingerprint density at radius 1 is 1.11 bits per heavy atom. The third-order valence-corrected chi connectivity index (χ3v) is 9.96. The van der Waals surface area contributed by atoms with Crippen LogP contribution in [0.25, 0.3) is 16.8 Å². The van der Waals surface area contributed by atoms with Crippen LogP contribution < -0.4 is 10.6 Å². The fraction of sp³-hybridized carbons (Fsp3) is 0.359. The number of imidazole rings is 1. The van der Waals surface area contributed by atoms with Crippen LogP contribution in [-0.4, -0.2) is 65.9 Å². The molecular formula is C39H32F7N7O4. The monoisotopic (exact) mass is 795 g/mol. The van der Waals surface area contributed by atoms with Crippen molar-refractivity contribution < 1.29 is 50.2 Å². The minimum absolute atomic E-state index is 0.0158.